The van der Waals surface area contributed by atoms with E-state index < -0.39 is 0 Å². The smallest absolute Gasteiger partial charge is 0.0586 e. The molecule has 1 aromatic rings. The third-order valence-corrected chi connectivity index (χ3v) is 3.88. The van der Waals surface area contributed by atoms with E-state index in [1.807, 2.05) is 0 Å². The average Bonchev–Trinajstić information content (AvgIpc) is 2.24. The van der Waals surface area contributed by atoms with Gasteiger partial charge in [0.05, 0.1) is 13.2 Å². The maximum atomic E-state index is 5.75. The molecule has 17 heavy (non-hydrogen) atoms. The van der Waals surface area contributed by atoms with Gasteiger partial charge in [-0.05, 0) is 42.5 Å². The summed E-state index contributed by atoms with van der Waals surface area (Å²) in [6.45, 7) is 9.05. The average molecular weight is 233 g/mol. The molecule has 1 aliphatic rings. The van der Waals surface area contributed by atoms with E-state index in [9.17, 15) is 0 Å². The van der Waals surface area contributed by atoms with Gasteiger partial charge in [0.25, 0.3) is 0 Å². The fraction of sp³-hybridized carbons (Fsp3) is 0.600. The van der Waals surface area contributed by atoms with Crippen LogP contribution in [0.2, 0.25) is 0 Å². The first kappa shape index (κ1) is 12.6. The maximum absolute atomic E-state index is 5.75. The Hall–Kier alpha value is -0.860. The van der Waals surface area contributed by atoms with Crippen LogP contribution < -0.4 is 5.73 Å². The Morgan fingerprint density at radius 3 is 2.53 bits per heavy atom. The first-order chi connectivity index (χ1) is 8.09. The molecule has 0 aromatic heterocycles. The molecule has 1 aromatic carbocycles. The lowest BCUT2D eigenvalue weighted by Crippen LogP contribution is -2.48. The summed E-state index contributed by atoms with van der Waals surface area (Å²) in [6, 6.07) is 6.83. The SMILES string of the molecule is Cc1ccc(C(C)C)cc1C1(CCN)COC1. The molecular formula is C15H23NO. The summed E-state index contributed by atoms with van der Waals surface area (Å²) >= 11 is 0. The number of benzene rings is 1. The van der Waals surface area contributed by atoms with Gasteiger partial charge in [-0.3, -0.25) is 0 Å². The quantitative estimate of drug-likeness (QED) is 0.868. The van der Waals surface area contributed by atoms with E-state index in [1.165, 1.54) is 16.7 Å². The maximum Gasteiger partial charge on any atom is 0.0586 e. The van der Waals surface area contributed by atoms with Gasteiger partial charge in [-0.1, -0.05) is 32.0 Å². The zero-order valence-electron chi connectivity index (χ0n) is 11.1. The van der Waals surface area contributed by atoms with Gasteiger partial charge < -0.3 is 10.5 Å². The Labute approximate surface area is 104 Å². The molecule has 1 heterocycles. The lowest BCUT2D eigenvalue weighted by Gasteiger charge is -2.43. The standard InChI is InChI=1S/C15H23NO/c1-11(2)13-5-4-12(3)14(8-13)15(6-7-16)9-17-10-15/h4-5,8,11H,6-7,9-10,16H2,1-3H3. The van der Waals surface area contributed by atoms with E-state index in [1.54, 1.807) is 0 Å². The lowest BCUT2D eigenvalue weighted by molar-refractivity contribution is -0.0634. The summed E-state index contributed by atoms with van der Waals surface area (Å²) in [7, 11) is 0. The minimum Gasteiger partial charge on any atom is -0.379 e. The van der Waals surface area contributed by atoms with Gasteiger partial charge in [-0.15, -0.1) is 0 Å². The third-order valence-electron chi connectivity index (χ3n) is 3.88. The minimum atomic E-state index is 0.184. The zero-order valence-corrected chi connectivity index (χ0v) is 11.1. The second-order valence-corrected chi connectivity index (χ2v) is 5.54. The van der Waals surface area contributed by atoms with E-state index in [0.717, 1.165) is 26.2 Å². The highest BCUT2D eigenvalue weighted by atomic mass is 16.5. The van der Waals surface area contributed by atoms with Crippen LogP contribution in [-0.4, -0.2) is 19.8 Å². The van der Waals surface area contributed by atoms with Crippen LogP contribution in [0, 0.1) is 6.92 Å². The molecule has 0 atom stereocenters. The predicted molar refractivity (Wildman–Crippen MR) is 71.4 cm³/mol. The molecule has 1 aliphatic heterocycles. The third kappa shape index (κ3) is 2.24. The summed E-state index contributed by atoms with van der Waals surface area (Å²) in [4.78, 5) is 0. The van der Waals surface area contributed by atoms with Gasteiger partial charge in [0.2, 0.25) is 0 Å². The molecule has 0 saturated carbocycles. The molecule has 2 N–H and O–H groups in total. The van der Waals surface area contributed by atoms with Gasteiger partial charge in [0, 0.05) is 5.41 Å². The van der Waals surface area contributed by atoms with Crippen molar-refractivity contribution in [1.82, 2.24) is 0 Å². The summed E-state index contributed by atoms with van der Waals surface area (Å²) in [5.74, 6) is 0.574. The summed E-state index contributed by atoms with van der Waals surface area (Å²) in [5, 5.41) is 0. The number of ether oxygens (including phenoxy) is 1. The highest BCUT2D eigenvalue weighted by molar-refractivity contribution is 5.39. The number of hydrogen-bond donors (Lipinski definition) is 1. The highest BCUT2D eigenvalue weighted by Gasteiger charge is 2.40. The second kappa shape index (κ2) is 4.79. The van der Waals surface area contributed by atoms with Crippen LogP contribution in [0.1, 0.15) is 42.9 Å². The summed E-state index contributed by atoms with van der Waals surface area (Å²) < 4.78 is 5.44. The van der Waals surface area contributed by atoms with Crippen molar-refractivity contribution in [2.75, 3.05) is 19.8 Å². The molecular weight excluding hydrogens is 210 g/mol. The molecule has 1 saturated heterocycles. The molecule has 0 bridgehead atoms. The number of hydrogen-bond acceptors (Lipinski definition) is 2. The molecule has 0 aliphatic carbocycles. The molecule has 2 heteroatoms. The summed E-state index contributed by atoms with van der Waals surface area (Å²) in [5.41, 5.74) is 10.2. The van der Waals surface area contributed by atoms with E-state index in [4.69, 9.17) is 10.5 Å². The second-order valence-electron chi connectivity index (χ2n) is 5.54. The Balaban J connectivity index is 2.39. The molecule has 2 nitrogen and oxygen atoms in total. The summed E-state index contributed by atoms with van der Waals surface area (Å²) in [6.07, 6.45) is 1.02. The molecule has 1 fully saturated rings. The van der Waals surface area contributed by atoms with Gasteiger partial charge in [-0.25, -0.2) is 0 Å². The van der Waals surface area contributed by atoms with E-state index >= 15 is 0 Å². The van der Waals surface area contributed by atoms with Gasteiger partial charge in [0.1, 0.15) is 0 Å². The highest BCUT2D eigenvalue weighted by Crippen LogP contribution is 2.38. The Bertz CT molecular complexity index is 394. The Morgan fingerprint density at radius 2 is 2.06 bits per heavy atom. The van der Waals surface area contributed by atoms with Crippen molar-refractivity contribution in [2.24, 2.45) is 5.73 Å². The van der Waals surface area contributed by atoms with Crippen LogP contribution in [-0.2, 0) is 10.2 Å². The van der Waals surface area contributed by atoms with Gasteiger partial charge in [-0.2, -0.15) is 0 Å². The van der Waals surface area contributed by atoms with Crippen molar-refractivity contribution < 1.29 is 4.74 Å². The van der Waals surface area contributed by atoms with Crippen molar-refractivity contribution >= 4 is 0 Å². The number of nitrogens with two attached hydrogens (primary N) is 1. The largest absolute Gasteiger partial charge is 0.379 e. The Morgan fingerprint density at radius 1 is 1.35 bits per heavy atom. The van der Waals surface area contributed by atoms with Crippen molar-refractivity contribution in [1.29, 1.82) is 0 Å². The molecule has 0 amide bonds. The fourth-order valence-electron chi connectivity index (χ4n) is 2.63. The van der Waals surface area contributed by atoms with Crippen molar-refractivity contribution in [3.8, 4) is 0 Å². The normalized spacial score (nSPS) is 18.2. The lowest BCUT2D eigenvalue weighted by atomic mass is 9.73. The minimum absolute atomic E-state index is 0.184. The molecule has 0 radical (unpaired) electrons. The van der Waals surface area contributed by atoms with E-state index in [0.29, 0.717) is 5.92 Å². The van der Waals surface area contributed by atoms with Gasteiger partial charge in [0.15, 0.2) is 0 Å². The van der Waals surface area contributed by atoms with Gasteiger partial charge >= 0.3 is 0 Å². The van der Waals surface area contributed by atoms with Crippen LogP contribution >= 0.6 is 0 Å². The molecule has 2 rings (SSSR count). The predicted octanol–water partition coefficient (Wildman–Crippen LogP) is 2.74. The van der Waals surface area contributed by atoms with Crippen molar-refractivity contribution in [3.63, 3.8) is 0 Å². The molecule has 0 spiro atoms. The molecule has 94 valence electrons. The van der Waals surface area contributed by atoms with E-state index in [-0.39, 0.29) is 5.41 Å². The first-order valence-corrected chi connectivity index (χ1v) is 6.48. The first-order valence-electron chi connectivity index (χ1n) is 6.48. The Kier molecular flexibility index (Phi) is 3.55. The number of rotatable bonds is 4. The molecule has 0 unspecified atom stereocenters. The monoisotopic (exact) mass is 233 g/mol. The fourth-order valence-corrected chi connectivity index (χ4v) is 2.63. The van der Waals surface area contributed by atoms with E-state index in [2.05, 4.69) is 39.0 Å². The van der Waals surface area contributed by atoms with Crippen LogP contribution in [0.25, 0.3) is 0 Å². The van der Waals surface area contributed by atoms with Crippen LogP contribution in [0.15, 0.2) is 18.2 Å². The topological polar surface area (TPSA) is 35.2 Å². The van der Waals surface area contributed by atoms with Crippen molar-refractivity contribution in [3.05, 3.63) is 34.9 Å². The van der Waals surface area contributed by atoms with Crippen LogP contribution in [0.5, 0.6) is 0 Å². The zero-order chi connectivity index (χ0) is 12.5. The van der Waals surface area contributed by atoms with Crippen LogP contribution in [0.3, 0.4) is 0 Å². The van der Waals surface area contributed by atoms with Crippen LogP contribution in [0.4, 0.5) is 0 Å². The van der Waals surface area contributed by atoms with Crippen molar-refractivity contribution in [2.45, 2.75) is 38.5 Å². The number of aryl methyl sites for hydroxylation is 1.